The Morgan fingerprint density at radius 2 is 1.84 bits per heavy atom. The van der Waals surface area contributed by atoms with E-state index in [-0.39, 0.29) is 29.3 Å². The SMILES string of the molecule is CCCNC(=O)C1CCN(c2ccc(SCC(=O)NCc3ccc(F)cc3)nn2)CC1. The molecule has 31 heavy (non-hydrogen) atoms. The van der Waals surface area contributed by atoms with Crippen LogP contribution in [0, 0.1) is 11.7 Å². The molecule has 0 saturated carbocycles. The zero-order chi connectivity index (χ0) is 22.1. The third-order valence-electron chi connectivity index (χ3n) is 5.12. The van der Waals surface area contributed by atoms with Gasteiger partial charge in [-0.15, -0.1) is 10.2 Å². The Hall–Kier alpha value is -2.68. The van der Waals surface area contributed by atoms with Crippen LogP contribution in [0.25, 0.3) is 0 Å². The summed E-state index contributed by atoms with van der Waals surface area (Å²) in [6.07, 6.45) is 2.56. The highest BCUT2D eigenvalue weighted by molar-refractivity contribution is 7.99. The Kier molecular flexibility index (Phi) is 8.63. The van der Waals surface area contributed by atoms with Crippen LogP contribution in [0.2, 0.25) is 0 Å². The summed E-state index contributed by atoms with van der Waals surface area (Å²) in [5.41, 5.74) is 0.843. The molecule has 0 spiro atoms. The lowest BCUT2D eigenvalue weighted by Crippen LogP contribution is -2.41. The molecule has 1 aliphatic rings. The van der Waals surface area contributed by atoms with Crippen LogP contribution in [0.3, 0.4) is 0 Å². The minimum absolute atomic E-state index is 0.0685. The van der Waals surface area contributed by atoms with Crippen molar-refractivity contribution in [2.75, 3.05) is 30.3 Å². The van der Waals surface area contributed by atoms with Crippen molar-refractivity contribution in [1.29, 1.82) is 0 Å². The number of anilines is 1. The van der Waals surface area contributed by atoms with E-state index in [0.29, 0.717) is 11.6 Å². The normalized spacial score (nSPS) is 14.3. The number of nitrogens with one attached hydrogen (secondary N) is 2. The lowest BCUT2D eigenvalue weighted by molar-refractivity contribution is -0.125. The molecule has 0 bridgehead atoms. The van der Waals surface area contributed by atoms with E-state index in [0.717, 1.165) is 50.3 Å². The highest BCUT2D eigenvalue weighted by Gasteiger charge is 2.25. The number of halogens is 1. The molecule has 1 aliphatic heterocycles. The van der Waals surface area contributed by atoms with E-state index in [4.69, 9.17) is 0 Å². The first-order valence-corrected chi connectivity index (χ1v) is 11.5. The van der Waals surface area contributed by atoms with E-state index in [1.54, 1.807) is 12.1 Å². The summed E-state index contributed by atoms with van der Waals surface area (Å²) in [5, 5.41) is 15.0. The zero-order valence-corrected chi connectivity index (χ0v) is 18.5. The molecule has 0 atom stereocenters. The summed E-state index contributed by atoms with van der Waals surface area (Å²) in [5.74, 6) is 0.819. The Morgan fingerprint density at radius 3 is 2.48 bits per heavy atom. The summed E-state index contributed by atoms with van der Waals surface area (Å²) in [4.78, 5) is 26.3. The quantitative estimate of drug-likeness (QED) is 0.577. The molecule has 0 unspecified atom stereocenters. The molecule has 1 fully saturated rings. The zero-order valence-electron chi connectivity index (χ0n) is 17.6. The maximum absolute atomic E-state index is 12.9. The lowest BCUT2D eigenvalue weighted by atomic mass is 9.96. The molecule has 2 N–H and O–H groups in total. The number of piperidine rings is 1. The summed E-state index contributed by atoms with van der Waals surface area (Å²) >= 11 is 1.32. The molecule has 9 heteroatoms. The smallest absolute Gasteiger partial charge is 0.230 e. The molecule has 2 amide bonds. The fourth-order valence-corrected chi connectivity index (χ4v) is 3.96. The first-order chi connectivity index (χ1) is 15.0. The lowest BCUT2D eigenvalue weighted by Gasteiger charge is -2.31. The van der Waals surface area contributed by atoms with Crippen molar-refractivity contribution in [3.63, 3.8) is 0 Å². The second-order valence-electron chi connectivity index (χ2n) is 7.47. The van der Waals surface area contributed by atoms with E-state index in [1.807, 2.05) is 19.1 Å². The Bertz CT molecular complexity index is 855. The third-order valence-corrected chi connectivity index (χ3v) is 6.04. The highest BCUT2D eigenvalue weighted by atomic mass is 32.2. The summed E-state index contributed by atoms with van der Waals surface area (Å²) in [6.45, 7) is 4.68. The van der Waals surface area contributed by atoms with E-state index >= 15 is 0 Å². The monoisotopic (exact) mass is 445 g/mol. The number of carbonyl (C=O) groups is 2. The van der Waals surface area contributed by atoms with Crippen molar-refractivity contribution in [1.82, 2.24) is 20.8 Å². The molecular formula is C22H28FN5O2S. The minimum atomic E-state index is -0.297. The molecule has 1 saturated heterocycles. The predicted molar refractivity (Wildman–Crippen MR) is 119 cm³/mol. The standard InChI is InChI=1S/C22H28FN5O2S/c1-2-11-24-22(30)17-9-12-28(13-10-17)19-7-8-21(27-26-19)31-15-20(29)25-14-16-3-5-18(23)6-4-16/h3-8,17H,2,9-15H2,1H3,(H,24,30)(H,25,29). The fourth-order valence-electron chi connectivity index (χ4n) is 3.32. The van der Waals surface area contributed by atoms with Gasteiger partial charge in [-0.2, -0.15) is 0 Å². The summed E-state index contributed by atoms with van der Waals surface area (Å²) in [6, 6.07) is 9.80. The van der Waals surface area contributed by atoms with Crippen molar-refractivity contribution in [2.45, 2.75) is 37.8 Å². The van der Waals surface area contributed by atoms with Crippen LogP contribution < -0.4 is 15.5 Å². The first-order valence-electron chi connectivity index (χ1n) is 10.6. The average Bonchev–Trinajstić information content (AvgIpc) is 2.81. The molecule has 1 aromatic carbocycles. The van der Waals surface area contributed by atoms with Gasteiger partial charge in [0.2, 0.25) is 11.8 Å². The van der Waals surface area contributed by atoms with Crippen molar-refractivity contribution in [3.8, 4) is 0 Å². The van der Waals surface area contributed by atoms with Crippen LogP contribution >= 0.6 is 11.8 Å². The van der Waals surface area contributed by atoms with Gasteiger partial charge in [0.25, 0.3) is 0 Å². The van der Waals surface area contributed by atoms with Gasteiger partial charge in [-0.25, -0.2) is 4.39 Å². The molecule has 1 aromatic heterocycles. The molecule has 7 nitrogen and oxygen atoms in total. The number of carbonyl (C=O) groups excluding carboxylic acids is 2. The minimum Gasteiger partial charge on any atom is -0.356 e. The van der Waals surface area contributed by atoms with Crippen LogP contribution in [-0.4, -0.2) is 47.4 Å². The van der Waals surface area contributed by atoms with Crippen LogP contribution in [0.5, 0.6) is 0 Å². The van der Waals surface area contributed by atoms with Gasteiger partial charge in [0.1, 0.15) is 10.8 Å². The van der Waals surface area contributed by atoms with Gasteiger partial charge in [-0.3, -0.25) is 9.59 Å². The molecule has 0 radical (unpaired) electrons. The number of benzene rings is 1. The Labute approximate surface area is 186 Å². The van der Waals surface area contributed by atoms with Crippen LogP contribution in [0.15, 0.2) is 41.4 Å². The van der Waals surface area contributed by atoms with Crippen LogP contribution in [0.4, 0.5) is 10.2 Å². The van der Waals surface area contributed by atoms with Crippen molar-refractivity contribution >= 4 is 29.4 Å². The molecule has 3 rings (SSSR count). The summed E-state index contributed by atoms with van der Waals surface area (Å²) in [7, 11) is 0. The molecule has 2 aromatic rings. The van der Waals surface area contributed by atoms with Gasteiger partial charge in [0, 0.05) is 32.1 Å². The number of amides is 2. The number of hydrogen-bond acceptors (Lipinski definition) is 6. The molecule has 166 valence electrons. The fraction of sp³-hybridized carbons (Fsp3) is 0.455. The maximum Gasteiger partial charge on any atom is 0.230 e. The average molecular weight is 446 g/mol. The second kappa shape index (κ2) is 11.6. The van der Waals surface area contributed by atoms with Gasteiger partial charge >= 0.3 is 0 Å². The van der Waals surface area contributed by atoms with Gasteiger partial charge in [0.05, 0.1) is 5.75 Å². The number of thioether (sulfide) groups is 1. The predicted octanol–water partition coefficient (Wildman–Crippen LogP) is 2.77. The summed E-state index contributed by atoms with van der Waals surface area (Å²) < 4.78 is 12.9. The largest absolute Gasteiger partial charge is 0.356 e. The Morgan fingerprint density at radius 1 is 1.10 bits per heavy atom. The number of rotatable bonds is 9. The number of nitrogens with zero attached hydrogens (tertiary/aromatic N) is 3. The Balaban J connectivity index is 1.39. The maximum atomic E-state index is 12.9. The van der Waals surface area contributed by atoms with E-state index in [2.05, 4.69) is 25.7 Å². The van der Waals surface area contributed by atoms with E-state index in [1.165, 1.54) is 23.9 Å². The van der Waals surface area contributed by atoms with Gasteiger partial charge < -0.3 is 15.5 Å². The van der Waals surface area contributed by atoms with Crippen molar-refractivity contribution < 1.29 is 14.0 Å². The molecule has 0 aliphatic carbocycles. The topological polar surface area (TPSA) is 87.2 Å². The van der Waals surface area contributed by atoms with E-state index in [9.17, 15) is 14.0 Å². The molecule has 2 heterocycles. The second-order valence-corrected chi connectivity index (χ2v) is 8.47. The third kappa shape index (κ3) is 7.20. The number of aromatic nitrogens is 2. The van der Waals surface area contributed by atoms with Crippen molar-refractivity contribution in [3.05, 3.63) is 47.8 Å². The van der Waals surface area contributed by atoms with Crippen molar-refractivity contribution in [2.24, 2.45) is 5.92 Å². The number of hydrogen-bond donors (Lipinski definition) is 2. The van der Waals surface area contributed by atoms with Gasteiger partial charge in [-0.05, 0) is 49.1 Å². The van der Waals surface area contributed by atoms with Crippen LogP contribution in [-0.2, 0) is 16.1 Å². The van der Waals surface area contributed by atoms with Gasteiger partial charge in [-0.1, -0.05) is 30.8 Å². The van der Waals surface area contributed by atoms with Gasteiger partial charge in [0.15, 0.2) is 5.82 Å². The first kappa shape index (κ1) is 23.0. The molecular weight excluding hydrogens is 417 g/mol. The van der Waals surface area contributed by atoms with Crippen LogP contribution in [0.1, 0.15) is 31.7 Å². The highest BCUT2D eigenvalue weighted by Crippen LogP contribution is 2.23. The van der Waals surface area contributed by atoms with E-state index < -0.39 is 0 Å².